The number of fused-ring (bicyclic) bond motifs is 1. The predicted molar refractivity (Wildman–Crippen MR) is 98.2 cm³/mol. The summed E-state index contributed by atoms with van der Waals surface area (Å²) in [6, 6.07) is 13.3. The molecule has 140 valence electrons. The lowest BCUT2D eigenvalue weighted by Crippen LogP contribution is -2.39. The minimum Gasteiger partial charge on any atom is -0.449 e. The zero-order valence-electron chi connectivity index (χ0n) is 14.9. The van der Waals surface area contributed by atoms with Gasteiger partial charge in [-0.15, -0.1) is 0 Å². The Kier molecular flexibility index (Phi) is 5.49. The maximum absolute atomic E-state index is 12.5. The molecule has 2 aromatic carbocycles. The highest BCUT2D eigenvalue weighted by Gasteiger charge is 2.27. The maximum Gasteiger partial charge on any atom is 0.345 e. The quantitative estimate of drug-likeness (QED) is 0.496. The Labute approximate surface area is 156 Å². The number of nitrogens with one attached hydrogen (secondary N) is 1. The van der Waals surface area contributed by atoms with Gasteiger partial charge in [-0.05, 0) is 43.4 Å². The van der Waals surface area contributed by atoms with Gasteiger partial charge in [0.05, 0.1) is 11.0 Å². The first-order chi connectivity index (χ1) is 13.0. The third kappa shape index (κ3) is 4.13. The first-order valence-electron chi connectivity index (χ1n) is 8.80. The number of esters is 1. The number of para-hydroxylation sites is 1. The molecule has 0 heterocycles. The molecule has 0 aliphatic heterocycles. The van der Waals surface area contributed by atoms with Crippen LogP contribution in [0.4, 0.5) is 5.69 Å². The number of nitro benzene ring substituents is 1. The number of carbonyl (C=O) groups excluding carboxylic acids is 2. The Morgan fingerprint density at radius 1 is 1.19 bits per heavy atom. The SMILES string of the molecule is CC(OC(=O)c1ccccc1[N+](=O)[O-])C(=O)NC1CCCc2ccccc21. The molecule has 0 fully saturated rings. The number of benzene rings is 2. The van der Waals surface area contributed by atoms with Gasteiger partial charge in [-0.1, -0.05) is 36.4 Å². The Bertz CT molecular complexity index is 880. The molecule has 7 heteroatoms. The molecule has 0 saturated heterocycles. The standard InChI is InChI=1S/C20H20N2O5/c1-13(27-20(24)16-10-4-5-12-18(16)22(25)26)19(23)21-17-11-6-8-14-7-2-3-9-15(14)17/h2-5,7,9-10,12-13,17H,6,8,11H2,1H3,(H,21,23). The topological polar surface area (TPSA) is 98.5 Å². The first-order valence-corrected chi connectivity index (χ1v) is 8.80. The molecular weight excluding hydrogens is 348 g/mol. The molecule has 0 spiro atoms. The third-order valence-electron chi connectivity index (χ3n) is 4.66. The largest absolute Gasteiger partial charge is 0.449 e. The monoisotopic (exact) mass is 368 g/mol. The molecule has 0 radical (unpaired) electrons. The molecule has 2 atom stereocenters. The van der Waals surface area contributed by atoms with Gasteiger partial charge in [0.25, 0.3) is 11.6 Å². The summed E-state index contributed by atoms with van der Waals surface area (Å²) in [5.74, 6) is -1.32. The molecule has 2 unspecified atom stereocenters. The molecule has 1 amide bonds. The molecule has 1 aliphatic carbocycles. The Balaban J connectivity index is 1.67. The fourth-order valence-electron chi connectivity index (χ4n) is 3.28. The van der Waals surface area contributed by atoms with Gasteiger partial charge < -0.3 is 10.1 Å². The second-order valence-corrected chi connectivity index (χ2v) is 6.47. The molecule has 3 rings (SSSR count). The number of carbonyl (C=O) groups is 2. The van der Waals surface area contributed by atoms with Crippen LogP contribution in [0.25, 0.3) is 0 Å². The van der Waals surface area contributed by atoms with Crippen molar-refractivity contribution >= 4 is 17.6 Å². The summed E-state index contributed by atoms with van der Waals surface area (Å²) in [5, 5.41) is 14.0. The molecule has 7 nitrogen and oxygen atoms in total. The second kappa shape index (κ2) is 7.99. The Morgan fingerprint density at radius 2 is 1.89 bits per heavy atom. The average molecular weight is 368 g/mol. The van der Waals surface area contributed by atoms with Gasteiger partial charge in [0.15, 0.2) is 6.10 Å². The van der Waals surface area contributed by atoms with Crippen molar-refractivity contribution in [1.82, 2.24) is 5.32 Å². The third-order valence-corrected chi connectivity index (χ3v) is 4.66. The van der Waals surface area contributed by atoms with Crippen LogP contribution in [0.3, 0.4) is 0 Å². The van der Waals surface area contributed by atoms with Crippen molar-refractivity contribution in [2.75, 3.05) is 0 Å². The van der Waals surface area contributed by atoms with E-state index in [2.05, 4.69) is 5.32 Å². The molecule has 0 aromatic heterocycles. The number of hydrogen-bond acceptors (Lipinski definition) is 5. The van der Waals surface area contributed by atoms with Crippen molar-refractivity contribution in [2.45, 2.75) is 38.3 Å². The summed E-state index contributed by atoms with van der Waals surface area (Å²) in [6.07, 6.45) is 1.69. The van der Waals surface area contributed by atoms with E-state index in [-0.39, 0.29) is 17.3 Å². The summed E-state index contributed by atoms with van der Waals surface area (Å²) < 4.78 is 5.16. The van der Waals surface area contributed by atoms with Gasteiger partial charge in [0.2, 0.25) is 0 Å². The van der Waals surface area contributed by atoms with Crippen LogP contribution in [-0.4, -0.2) is 22.9 Å². The Morgan fingerprint density at radius 3 is 2.67 bits per heavy atom. The van der Waals surface area contributed by atoms with Crippen LogP contribution in [0.1, 0.15) is 47.3 Å². The van der Waals surface area contributed by atoms with Crippen molar-refractivity contribution in [3.63, 3.8) is 0 Å². The molecule has 0 saturated carbocycles. The van der Waals surface area contributed by atoms with Crippen LogP contribution in [-0.2, 0) is 16.0 Å². The van der Waals surface area contributed by atoms with Crippen molar-refractivity contribution in [2.24, 2.45) is 0 Å². The predicted octanol–water partition coefficient (Wildman–Crippen LogP) is 3.33. The zero-order valence-corrected chi connectivity index (χ0v) is 14.9. The number of nitro groups is 1. The van der Waals surface area contributed by atoms with Gasteiger partial charge in [-0.2, -0.15) is 0 Å². The first kappa shape index (κ1) is 18.6. The number of rotatable bonds is 5. The highest BCUT2D eigenvalue weighted by molar-refractivity contribution is 5.95. The second-order valence-electron chi connectivity index (χ2n) is 6.47. The average Bonchev–Trinajstić information content (AvgIpc) is 2.68. The van der Waals surface area contributed by atoms with Gasteiger partial charge >= 0.3 is 5.97 Å². The van der Waals surface area contributed by atoms with E-state index >= 15 is 0 Å². The van der Waals surface area contributed by atoms with Crippen LogP contribution < -0.4 is 5.32 Å². The van der Waals surface area contributed by atoms with Gasteiger partial charge in [0, 0.05) is 6.07 Å². The van der Waals surface area contributed by atoms with E-state index in [9.17, 15) is 19.7 Å². The summed E-state index contributed by atoms with van der Waals surface area (Å²) >= 11 is 0. The smallest absolute Gasteiger partial charge is 0.345 e. The molecule has 1 N–H and O–H groups in total. The molecule has 27 heavy (non-hydrogen) atoms. The van der Waals surface area contributed by atoms with E-state index in [1.807, 2.05) is 24.3 Å². The molecular formula is C20H20N2O5. The van der Waals surface area contributed by atoms with E-state index in [0.717, 1.165) is 24.8 Å². The van der Waals surface area contributed by atoms with Gasteiger partial charge in [0.1, 0.15) is 5.56 Å². The van der Waals surface area contributed by atoms with Crippen LogP contribution in [0.5, 0.6) is 0 Å². The van der Waals surface area contributed by atoms with Gasteiger partial charge in [-0.3, -0.25) is 14.9 Å². The van der Waals surface area contributed by atoms with Crippen molar-refractivity contribution in [3.05, 3.63) is 75.3 Å². The van der Waals surface area contributed by atoms with E-state index in [0.29, 0.717) is 0 Å². The fourth-order valence-corrected chi connectivity index (χ4v) is 3.28. The number of amides is 1. The van der Waals surface area contributed by atoms with Crippen LogP contribution >= 0.6 is 0 Å². The van der Waals surface area contributed by atoms with Crippen LogP contribution in [0, 0.1) is 10.1 Å². The van der Waals surface area contributed by atoms with Crippen molar-refractivity contribution in [3.8, 4) is 0 Å². The lowest BCUT2D eigenvalue weighted by atomic mass is 9.87. The normalized spacial score (nSPS) is 16.7. The highest BCUT2D eigenvalue weighted by atomic mass is 16.6. The fraction of sp³-hybridized carbons (Fsp3) is 0.300. The van der Waals surface area contributed by atoms with E-state index in [1.54, 1.807) is 0 Å². The zero-order chi connectivity index (χ0) is 19.4. The number of ether oxygens (including phenoxy) is 1. The van der Waals surface area contributed by atoms with Crippen molar-refractivity contribution in [1.29, 1.82) is 0 Å². The minimum absolute atomic E-state index is 0.130. The van der Waals surface area contributed by atoms with E-state index in [1.165, 1.54) is 36.8 Å². The summed E-state index contributed by atoms with van der Waals surface area (Å²) in [6.45, 7) is 1.46. The molecule has 1 aliphatic rings. The lowest BCUT2D eigenvalue weighted by molar-refractivity contribution is -0.385. The summed E-state index contributed by atoms with van der Waals surface area (Å²) in [5.41, 5.74) is 1.76. The van der Waals surface area contributed by atoms with Crippen LogP contribution in [0.2, 0.25) is 0 Å². The number of hydrogen-bond donors (Lipinski definition) is 1. The summed E-state index contributed by atoms with van der Waals surface area (Å²) in [7, 11) is 0. The summed E-state index contributed by atoms with van der Waals surface area (Å²) in [4.78, 5) is 35.1. The lowest BCUT2D eigenvalue weighted by Gasteiger charge is -2.27. The van der Waals surface area contributed by atoms with E-state index in [4.69, 9.17) is 4.74 Å². The van der Waals surface area contributed by atoms with Gasteiger partial charge in [-0.25, -0.2) is 4.79 Å². The van der Waals surface area contributed by atoms with Crippen molar-refractivity contribution < 1.29 is 19.2 Å². The van der Waals surface area contributed by atoms with Crippen LogP contribution in [0.15, 0.2) is 48.5 Å². The molecule has 2 aromatic rings. The Hall–Kier alpha value is -3.22. The molecule has 0 bridgehead atoms. The minimum atomic E-state index is -1.06. The maximum atomic E-state index is 12.5. The highest BCUT2D eigenvalue weighted by Crippen LogP contribution is 2.29. The van der Waals surface area contributed by atoms with E-state index < -0.39 is 22.9 Å². The number of nitrogens with zero attached hydrogens (tertiary/aromatic N) is 1. The number of aryl methyl sites for hydroxylation is 1.